The first-order chi connectivity index (χ1) is 8.97. The maximum absolute atomic E-state index is 12.3. The highest BCUT2D eigenvalue weighted by Crippen LogP contribution is 2.09. The summed E-state index contributed by atoms with van der Waals surface area (Å²) in [5, 5.41) is 3.36. The van der Waals surface area contributed by atoms with E-state index in [0.29, 0.717) is 24.3 Å². The number of rotatable bonds is 2. The van der Waals surface area contributed by atoms with Crippen LogP contribution in [0.25, 0.3) is 0 Å². The molecule has 0 saturated carbocycles. The molecular formula is C13H18N4O2. The Morgan fingerprint density at radius 1 is 1.32 bits per heavy atom. The largest absolute Gasteiger partial charge is 0.366 e. The van der Waals surface area contributed by atoms with Gasteiger partial charge in [0.05, 0.1) is 5.56 Å². The Morgan fingerprint density at radius 3 is 2.42 bits per heavy atom. The fraction of sp³-hybridized carbons (Fsp3) is 0.462. The van der Waals surface area contributed by atoms with Crippen LogP contribution in [-0.2, 0) is 0 Å². The topological polar surface area (TPSA) is 88.3 Å². The molecular weight excluding hydrogens is 244 g/mol. The highest BCUT2D eigenvalue weighted by molar-refractivity contribution is 5.95. The molecule has 1 fully saturated rings. The maximum atomic E-state index is 12.3. The zero-order valence-corrected chi connectivity index (χ0v) is 11.1. The molecule has 19 heavy (non-hydrogen) atoms. The average molecular weight is 262 g/mol. The van der Waals surface area contributed by atoms with Crippen LogP contribution in [0, 0.1) is 0 Å². The van der Waals surface area contributed by atoms with Crippen LogP contribution in [0.3, 0.4) is 0 Å². The molecule has 6 heteroatoms. The number of nitrogens with zero attached hydrogens (tertiary/aromatic N) is 2. The van der Waals surface area contributed by atoms with E-state index in [1.54, 1.807) is 11.0 Å². The van der Waals surface area contributed by atoms with Crippen molar-refractivity contribution >= 4 is 11.8 Å². The number of piperazine rings is 1. The molecule has 0 aliphatic carbocycles. The first-order valence-corrected chi connectivity index (χ1v) is 6.28. The summed E-state index contributed by atoms with van der Waals surface area (Å²) in [4.78, 5) is 29.0. The minimum atomic E-state index is -0.545. The monoisotopic (exact) mass is 262 g/mol. The Kier molecular flexibility index (Phi) is 3.80. The minimum Gasteiger partial charge on any atom is -0.366 e. The molecule has 102 valence electrons. The summed E-state index contributed by atoms with van der Waals surface area (Å²) >= 11 is 0. The van der Waals surface area contributed by atoms with Crippen LogP contribution in [0.5, 0.6) is 0 Å². The Bertz CT molecular complexity index is 476. The number of pyridine rings is 1. The second-order valence-electron chi connectivity index (χ2n) is 4.98. The van der Waals surface area contributed by atoms with Gasteiger partial charge in [-0.2, -0.15) is 0 Å². The van der Waals surface area contributed by atoms with E-state index in [1.807, 2.05) is 13.8 Å². The number of amides is 2. The van der Waals surface area contributed by atoms with Crippen molar-refractivity contribution in [1.82, 2.24) is 15.2 Å². The molecule has 0 aromatic carbocycles. The van der Waals surface area contributed by atoms with E-state index in [1.165, 1.54) is 12.3 Å². The smallest absolute Gasteiger partial charge is 0.272 e. The molecule has 6 nitrogen and oxygen atoms in total. The zero-order valence-electron chi connectivity index (χ0n) is 11.1. The van der Waals surface area contributed by atoms with Crippen LogP contribution in [-0.4, -0.2) is 46.9 Å². The van der Waals surface area contributed by atoms with Gasteiger partial charge in [0, 0.05) is 31.4 Å². The summed E-state index contributed by atoms with van der Waals surface area (Å²) in [5.41, 5.74) is 5.78. The highest BCUT2D eigenvalue weighted by Gasteiger charge is 2.26. The third-order valence-electron chi connectivity index (χ3n) is 3.11. The summed E-state index contributed by atoms with van der Waals surface area (Å²) in [6.45, 7) is 5.39. The van der Waals surface area contributed by atoms with Crippen LogP contribution in [0.2, 0.25) is 0 Å². The molecule has 0 radical (unpaired) electrons. The fourth-order valence-electron chi connectivity index (χ4n) is 2.32. The third kappa shape index (κ3) is 3.08. The number of hydrogen-bond acceptors (Lipinski definition) is 4. The second kappa shape index (κ2) is 5.36. The van der Waals surface area contributed by atoms with Crippen LogP contribution in [0.4, 0.5) is 0 Å². The molecule has 2 amide bonds. The lowest BCUT2D eigenvalue weighted by atomic mass is 10.1. The Hall–Kier alpha value is -1.95. The van der Waals surface area contributed by atoms with Crippen molar-refractivity contribution in [3.63, 3.8) is 0 Å². The van der Waals surface area contributed by atoms with E-state index in [2.05, 4.69) is 10.3 Å². The molecule has 1 saturated heterocycles. The summed E-state index contributed by atoms with van der Waals surface area (Å²) < 4.78 is 0. The average Bonchev–Trinajstić information content (AvgIpc) is 2.37. The van der Waals surface area contributed by atoms with E-state index < -0.39 is 5.91 Å². The first kappa shape index (κ1) is 13.5. The number of carbonyl (C=O) groups excluding carboxylic acids is 2. The minimum absolute atomic E-state index is 0.115. The summed E-state index contributed by atoms with van der Waals surface area (Å²) in [7, 11) is 0. The van der Waals surface area contributed by atoms with Gasteiger partial charge in [-0.3, -0.25) is 14.6 Å². The Morgan fingerprint density at radius 2 is 1.95 bits per heavy atom. The van der Waals surface area contributed by atoms with Gasteiger partial charge in [-0.25, -0.2) is 0 Å². The Labute approximate surface area is 112 Å². The van der Waals surface area contributed by atoms with Crippen molar-refractivity contribution < 1.29 is 9.59 Å². The molecule has 2 heterocycles. The molecule has 0 spiro atoms. The fourth-order valence-corrected chi connectivity index (χ4v) is 2.32. The molecule has 2 rings (SSSR count). The number of aromatic nitrogens is 1. The standard InChI is InChI=1S/C13H18N4O2/c1-8-6-17(7-9(2)16-8)13(19)11-4-3-10(5-15-11)12(14)18/h3-5,8-9,16H,6-7H2,1-2H3,(H2,14,18)/t8-,9-/m1/s1. The van der Waals surface area contributed by atoms with Gasteiger partial charge in [0.1, 0.15) is 5.69 Å². The molecule has 0 unspecified atom stereocenters. The number of carbonyl (C=O) groups is 2. The molecule has 1 aliphatic heterocycles. The third-order valence-corrected chi connectivity index (χ3v) is 3.11. The van der Waals surface area contributed by atoms with Crippen LogP contribution < -0.4 is 11.1 Å². The SMILES string of the molecule is C[C@@H]1CN(C(=O)c2ccc(C(N)=O)cn2)C[C@@H](C)N1. The van der Waals surface area contributed by atoms with Gasteiger partial charge in [0.15, 0.2) is 0 Å². The van der Waals surface area contributed by atoms with Gasteiger partial charge in [-0.05, 0) is 26.0 Å². The number of hydrogen-bond donors (Lipinski definition) is 2. The second-order valence-corrected chi connectivity index (χ2v) is 4.98. The maximum Gasteiger partial charge on any atom is 0.272 e. The summed E-state index contributed by atoms with van der Waals surface area (Å²) in [6.07, 6.45) is 1.34. The molecule has 1 aromatic heterocycles. The summed E-state index contributed by atoms with van der Waals surface area (Å²) in [6, 6.07) is 3.59. The van der Waals surface area contributed by atoms with Crippen molar-refractivity contribution in [3.05, 3.63) is 29.6 Å². The number of primary amides is 1. The van der Waals surface area contributed by atoms with Crippen molar-refractivity contribution in [3.8, 4) is 0 Å². The van der Waals surface area contributed by atoms with Gasteiger partial charge in [-0.1, -0.05) is 0 Å². The van der Waals surface area contributed by atoms with Crippen LogP contribution in [0.1, 0.15) is 34.7 Å². The van der Waals surface area contributed by atoms with Crippen LogP contribution in [0.15, 0.2) is 18.3 Å². The predicted octanol–water partition coefficient (Wildman–Crippen LogP) is 0.00290. The van der Waals surface area contributed by atoms with E-state index in [0.717, 1.165) is 0 Å². The lowest BCUT2D eigenvalue weighted by Gasteiger charge is -2.35. The van der Waals surface area contributed by atoms with Gasteiger partial charge in [0.25, 0.3) is 5.91 Å². The quantitative estimate of drug-likeness (QED) is 0.785. The van der Waals surface area contributed by atoms with Gasteiger partial charge in [-0.15, -0.1) is 0 Å². The lowest BCUT2D eigenvalue weighted by molar-refractivity contribution is 0.0667. The molecule has 1 aromatic rings. The first-order valence-electron chi connectivity index (χ1n) is 6.28. The molecule has 1 aliphatic rings. The highest BCUT2D eigenvalue weighted by atomic mass is 16.2. The van der Waals surface area contributed by atoms with E-state index in [4.69, 9.17) is 5.73 Å². The molecule has 2 atom stereocenters. The van der Waals surface area contributed by atoms with Crippen molar-refractivity contribution in [1.29, 1.82) is 0 Å². The number of nitrogens with one attached hydrogen (secondary N) is 1. The van der Waals surface area contributed by atoms with Crippen LogP contribution >= 0.6 is 0 Å². The predicted molar refractivity (Wildman–Crippen MR) is 70.7 cm³/mol. The lowest BCUT2D eigenvalue weighted by Crippen LogP contribution is -2.55. The normalized spacial score (nSPS) is 23.2. The van der Waals surface area contributed by atoms with E-state index >= 15 is 0 Å². The number of nitrogens with two attached hydrogens (primary N) is 1. The van der Waals surface area contributed by atoms with Crippen molar-refractivity contribution in [2.45, 2.75) is 25.9 Å². The van der Waals surface area contributed by atoms with Gasteiger partial charge >= 0.3 is 0 Å². The van der Waals surface area contributed by atoms with Gasteiger partial charge < -0.3 is 16.0 Å². The summed E-state index contributed by atoms with van der Waals surface area (Å²) in [5.74, 6) is -0.660. The molecule has 3 N–H and O–H groups in total. The zero-order chi connectivity index (χ0) is 14.0. The van der Waals surface area contributed by atoms with E-state index in [9.17, 15) is 9.59 Å². The van der Waals surface area contributed by atoms with Crippen molar-refractivity contribution in [2.75, 3.05) is 13.1 Å². The Balaban J connectivity index is 2.12. The molecule has 0 bridgehead atoms. The van der Waals surface area contributed by atoms with Crippen molar-refractivity contribution in [2.24, 2.45) is 5.73 Å². The van der Waals surface area contributed by atoms with Gasteiger partial charge in [0.2, 0.25) is 5.91 Å². The van der Waals surface area contributed by atoms with E-state index in [-0.39, 0.29) is 18.0 Å².